The number of aliphatic hydroxyl groups is 1. The second-order valence-electron chi connectivity index (χ2n) is 7.44. The first-order chi connectivity index (χ1) is 11.8. The van der Waals surface area contributed by atoms with E-state index in [2.05, 4.69) is 10.3 Å². The number of carbonyl (C=O) groups is 1. The summed E-state index contributed by atoms with van der Waals surface area (Å²) in [5.41, 5.74) is 0.600. The second-order valence-corrected chi connectivity index (χ2v) is 7.44. The molecule has 0 radical (unpaired) electrons. The van der Waals surface area contributed by atoms with Gasteiger partial charge in [-0.05, 0) is 5.92 Å². The highest BCUT2D eigenvalue weighted by molar-refractivity contribution is 5.76. The molecule has 0 fully saturated rings. The maximum atomic E-state index is 12.1. The average molecular weight is 344 g/mol. The minimum absolute atomic E-state index is 0.0662. The van der Waals surface area contributed by atoms with Gasteiger partial charge in [-0.3, -0.25) is 4.79 Å². The van der Waals surface area contributed by atoms with Crippen LogP contribution in [0.25, 0.3) is 11.3 Å². The van der Waals surface area contributed by atoms with E-state index in [9.17, 15) is 9.90 Å². The largest absolute Gasteiger partial charge is 0.441 e. The number of hydrogen-bond acceptors (Lipinski definition) is 4. The Bertz CT molecular complexity index is 677. The molecule has 5 heteroatoms. The van der Waals surface area contributed by atoms with Crippen LogP contribution in [-0.4, -0.2) is 28.6 Å². The van der Waals surface area contributed by atoms with Crippen molar-refractivity contribution in [3.8, 4) is 11.3 Å². The van der Waals surface area contributed by atoms with Gasteiger partial charge in [-0.25, -0.2) is 4.98 Å². The van der Waals surface area contributed by atoms with E-state index >= 15 is 0 Å². The molecule has 136 valence electrons. The lowest BCUT2D eigenvalue weighted by Crippen LogP contribution is -2.43. The van der Waals surface area contributed by atoms with Gasteiger partial charge in [0.05, 0.1) is 12.3 Å². The Balaban J connectivity index is 1.82. The van der Waals surface area contributed by atoms with Crippen molar-refractivity contribution in [3.63, 3.8) is 0 Å². The number of carbonyl (C=O) groups excluding carboxylic acids is 1. The zero-order valence-corrected chi connectivity index (χ0v) is 15.5. The Morgan fingerprint density at radius 2 is 1.96 bits per heavy atom. The van der Waals surface area contributed by atoms with E-state index in [0.717, 1.165) is 5.56 Å². The molecule has 1 heterocycles. The SMILES string of the molecule is CC(C)C(O)C(C)(C)CNC(=O)CCc1ncc(-c2ccccc2)o1. The van der Waals surface area contributed by atoms with Gasteiger partial charge in [0.25, 0.3) is 0 Å². The van der Waals surface area contributed by atoms with Crippen molar-refractivity contribution in [1.82, 2.24) is 10.3 Å². The van der Waals surface area contributed by atoms with Gasteiger partial charge in [-0.15, -0.1) is 0 Å². The number of aliphatic hydroxyl groups excluding tert-OH is 1. The summed E-state index contributed by atoms with van der Waals surface area (Å²) in [6.07, 6.45) is 1.98. The summed E-state index contributed by atoms with van der Waals surface area (Å²) in [6.45, 7) is 8.30. The standard InChI is InChI=1S/C20H28N2O3/c1-14(2)19(24)20(3,4)13-22-17(23)10-11-18-21-12-16(25-18)15-8-6-5-7-9-15/h5-9,12,14,19,24H,10-11,13H2,1-4H3,(H,22,23). The van der Waals surface area contributed by atoms with E-state index in [1.54, 1.807) is 6.20 Å². The predicted molar refractivity (Wildman–Crippen MR) is 97.9 cm³/mol. The van der Waals surface area contributed by atoms with Gasteiger partial charge in [0.15, 0.2) is 11.7 Å². The van der Waals surface area contributed by atoms with Crippen LogP contribution in [0.15, 0.2) is 40.9 Å². The monoisotopic (exact) mass is 344 g/mol. The zero-order valence-electron chi connectivity index (χ0n) is 15.5. The molecule has 0 saturated carbocycles. The average Bonchev–Trinajstić information content (AvgIpc) is 3.07. The number of oxazole rings is 1. The molecular formula is C20H28N2O3. The van der Waals surface area contributed by atoms with Crippen molar-refractivity contribution in [3.05, 3.63) is 42.4 Å². The number of rotatable bonds is 8. The summed E-state index contributed by atoms with van der Waals surface area (Å²) < 4.78 is 5.70. The number of benzene rings is 1. The quantitative estimate of drug-likeness (QED) is 0.769. The first-order valence-corrected chi connectivity index (χ1v) is 8.74. The van der Waals surface area contributed by atoms with E-state index in [4.69, 9.17) is 4.42 Å². The van der Waals surface area contributed by atoms with Crippen LogP contribution in [0, 0.1) is 11.3 Å². The van der Waals surface area contributed by atoms with E-state index in [1.165, 1.54) is 0 Å². The molecule has 0 saturated heterocycles. The molecule has 0 aliphatic rings. The number of amides is 1. The van der Waals surface area contributed by atoms with Crippen LogP contribution in [0.2, 0.25) is 0 Å². The van der Waals surface area contributed by atoms with Gasteiger partial charge in [0.1, 0.15) is 0 Å². The van der Waals surface area contributed by atoms with Gasteiger partial charge < -0.3 is 14.8 Å². The summed E-state index contributed by atoms with van der Waals surface area (Å²) in [5.74, 6) is 1.34. The number of aromatic nitrogens is 1. The lowest BCUT2D eigenvalue weighted by molar-refractivity contribution is -0.122. The maximum Gasteiger partial charge on any atom is 0.220 e. The second kappa shape index (κ2) is 8.30. The topological polar surface area (TPSA) is 75.4 Å². The van der Waals surface area contributed by atoms with Gasteiger partial charge in [0, 0.05) is 30.4 Å². The molecule has 2 rings (SSSR count). The molecule has 0 bridgehead atoms. The lowest BCUT2D eigenvalue weighted by atomic mass is 9.80. The third kappa shape index (κ3) is 5.43. The third-order valence-electron chi connectivity index (χ3n) is 4.35. The molecule has 2 aromatic rings. The van der Waals surface area contributed by atoms with Crippen LogP contribution in [0.5, 0.6) is 0 Å². The number of nitrogens with one attached hydrogen (secondary N) is 1. The molecule has 0 aliphatic carbocycles. The first kappa shape index (κ1) is 19.2. The molecule has 0 aliphatic heterocycles. The number of hydrogen-bond donors (Lipinski definition) is 2. The normalized spacial score (nSPS) is 13.0. The minimum atomic E-state index is -0.465. The molecule has 25 heavy (non-hydrogen) atoms. The van der Waals surface area contributed by atoms with E-state index in [0.29, 0.717) is 31.0 Å². The molecule has 1 aromatic heterocycles. The van der Waals surface area contributed by atoms with Crippen LogP contribution < -0.4 is 5.32 Å². The van der Waals surface area contributed by atoms with Gasteiger partial charge in [0.2, 0.25) is 5.91 Å². The van der Waals surface area contributed by atoms with Crippen LogP contribution in [0.1, 0.15) is 40.0 Å². The highest BCUT2D eigenvalue weighted by Crippen LogP contribution is 2.25. The Morgan fingerprint density at radius 3 is 2.60 bits per heavy atom. The summed E-state index contributed by atoms with van der Waals surface area (Å²) in [7, 11) is 0. The summed E-state index contributed by atoms with van der Waals surface area (Å²) in [5, 5.41) is 13.1. The van der Waals surface area contributed by atoms with Crippen molar-refractivity contribution in [2.45, 2.75) is 46.6 Å². The van der Waals surface area contributed by atoms with Crippen LogP contribution in [-0.2, 0) is 11.2 Å². The zero-order chi connectivity index (χ0) is 18.4. The van der Waals surface area contributed by atoms with Crippen LogP contribution in [0.3, 0.4) is 0 Å². The molecule has 5 nitrogen and oxygen atoms in total. The lowest BCUT2D eigenvalue weighted by Gasteiger charge is -2.33. The van der Waals surface area contributed by atoms with Crippen molar-refractivity contribution in [2.75, 3.05) is 6.54 Å². The number of aryl methyl sites for hydroxylation is 1. The molecule has 0 spiro atoms. The fourth-order valence-corrected chi connectivity index (χ4v) is 2.80. The molecular weight excluding hydrogens is 316 g/mol. The summed E-state index contributed by atoms with van der Waals surface area (Å²) >= 11 is 0. The fraction of sp³-hybridized carbons (Fsp3) is 0.500. The Morgan fingerprint density at radius 1 is 1.28 bits per heavy atom. The maximum absolute atomic E-state index is 12.1. The first-order valence-electron chi connectivity index (χ1n) is 8.74. The van der Waals surface area contributed by atoms with Gasteiger partial charge >= 0.3 is 0 Å². The summed E-state index contributed by atoms with van der Waals surface area (Å²) in [4.78, 5) is 16.3. The molecule has 1 aromatic carbocycles. The molecule has 1 unspecified atom stereocenters. The van der Waals surface area contributed by atoms with Crippen molar-refractivity contribution >= 4 is 5.91 Å². The van der Waals surface area contributed by atoms with E-state index in [-0.39, 0.29) is 17.2 Å². The van der Waals surface area contributed by atoms with Crippen molar-refractivity contribution < 1.29 is 14.3 Å². The molecule has 1 atom stereocenters. The minimum Gasteiger partial charge on any atom is -0.441 e. The Hall–Kier alpha value is -2.14. The van der Waals surface area contributed by atoms with Gasteiger partial charge in [-0.1, -0.05) is 58.0 Å². The van der Waals surface area contributed by atoms with Crippen molar-refractivity contribution in [1.29, 1.82) is 0 Å². The fourth-order valence-electron chi connectivity index (χ4n) is 2.80. The highest BCUT2D eigenvalue weighted by atomic mass is 16.4. The van der Waals surface area contributed by atoms with Gasteiger partial charge in [-0.2, -0.15) is 0 Å². The van der Waals surface area contributed by atoms with E-state index < -0.39 is 6.10 Å². The Labute approximate surface area is 149 Å². The smallest absolute Gasteiger partial charge is 0.220 e. The molecule has 2 N–H and O–H groups in total. The molecule has 1 amide bonds. The Kier molecular flexibility index (Phi) is 6.37. The summed E-state index contributed by atoms with van der Waals surface area (Å²) in [6, 6.07) is 9.75. The van der Waals surface area contributed by atoms with Crippen LogP contribution in [0.4, 0.5) is 0 Å². The predicted octanol–water partition coefficient (Wildman–Crippen LogP) is 3.43. The third-order valence-corrected chi connectivity index (χ3v) is 4.35. The van der Waals surface area contributed by atoms with Crippen LogP contribution >= 0.6 is 0 Å². The highest BCUT2D eigenvalue weighted by Gasteiger charge is 2.30. The van der Waals surface area contributed by atoms with E-state index in [1.807, 2.05) is 58.0 Å². The van der Waals surface area contributed by atoms with Crippen molar-refractivity contribution in [2.24, 2.45) is 11.3 Å². The number of nitrogens with zero attached hydrogens (tertiary/aromatic N) is 1.